The van der Waals surface area contributed by atoms with E-state index in [9.17, 15) is 5.11 Å². The quantitative estimate of drug-likeness (QED) is 0.875. The average molecular weight is 314 g/mol. The molecule has 0 amide bonds. The van der Waals surface area contributed by atoms with Crippen molar-refractivity contribution >= 4 is 11.6 Å². The van der Waals surface area contributed by atoms with E-state index in [4.69, 9.17) is 26.8 Å². The molecule has 1 aromatic carbocycles. The molecule has 5 heteroatoms. The second kappa shape index (κ2) is 7.34. The van der Waals surface area contributed by atoms with Crippen LogP contribution in [0.1, 0.15) is 43.7 Å². The molecule has 1 fully saturated rings. The van der Waals surface area contributed by atoms with Crippen LogP contribution in [0.2, 0.25) is 5.02 Å². The first-order chi connectivity index (χ1) is 10.1. The van der Waals surface area contributed by atoms with Crippen molar-refractivity contribution in [2.45, 2.75) is 44.2 Å². The van der Waals surface area contributed by atoms with Gasteiger partial charge in [0.15, 0.2) is 11.5 Å². The molecular weight excluding hydrogens is 290 g/mol. The highest BCUT2D eigenvalue weighted by molar-refractivity contribution is 6.33. The van der Waals surface area contributed by atoms with E-state index in [2.05, 4.69) is 0 Å². The molecule has 0 aromatic heterocycles. The fourth-order valence-corrected chi connectivity index (χ4v) is 3.47. The van der Waals surface area contributed by atoms with Crippen LogP contribution in [0.3, 0.4) is 0 Å². The summed E-state index contributed by atoms with van der Waals surface area (Å²) in [5, 5.41) is 11.0. The van der Waals surface area contributed by atoms with Crippen molar-refractivity contribution in [2.24, 2.45) is 11.7 Å². The van der Waals surface area contributed by atoms with Gasteiger partial charge in [0.05, 0.1) is 31.4 Å². The zero-order chi connectivity index (χ0) is 15.4. The van der Waals surface area contributed by atoms with Gasteiger partial charge in [-0.3, -0.25) is 0 Å². The summed E-state index contributed by atoms with van der Waals surface area (Å²) in [5.41, 5.74) is 6.96. The van der Waals surface area contributed by atoms with Crippen molar-refractivity contribution in [3.63, 3.8) is 0 Å². The van der Waals surface area contributed by atoms with Gasteiger partial charge in [0.1, 0.15) is 0 Å². The van der Waals surface area contributed by atoms with E-state index in [1.807, 2.05) is 0 Å². The fourth-order valence-electron chi connectivity index (χ4n) is 3.11. The van der Waals surface area contributed by atoms with Crippen LogP contribution in [0.25, 0.3) is 0 Å². The Hall–Kier alpha value is -0.970. The Labute approximate surface area is 131 Å². The first kappa shape index (κ1) is 16.4. The Kier molecular flexibility index (Phi) is 5.73. The third-order valence-electron chi connectivity index (χ3n) is 4.37. The molecule has 4 nitrogen and oxygen atoms in total. The van der Waals surface area contributed by atoms with Crippen LogP contribution in [0.5, 0.6) is 11.5 Å². The van der Waals surface area contributed by atoms with Crippen molar-refractivity contribution in [2.75, 3.05) is 14.2 Å². The third-order valence-corrected chi connectivity index (χ3v) is 4.76. The van der Waals surface area contributed by atoms with Crippen LogP contribution < -0.4 is 15.2 Å². The number of hydrogen-bond acceptors (Lipinski definition) is 4. The molecular formula is C16H24ClNO3. The highest BCUT2D eigenvalue weighted by Gasteiger charge is 2.30. The van der Waals surface area contributed by atoms with Gasteiger partial charge in [-0.05, 0) is 30.4 Å². The maximum Gasteiger partial charge on any atom is 0.179 e. The summed E-state index contributed by atoms with van der Waals surface area (Å²) in [4.78, 5) is 0. The highest BCUT2D eigenvalue weighted by Crippen LogP contribution is 2.41. The van der Waals surface area contributed by atoms with Crippen molar-refractivity contribution in [1.29, 1.82) is 0 Å². The van der Waals surface area contributed by atoms with E-state index in [0.29, 0.717) is 22.1 Å². The van der Waals surface area contributed by atoms with Crippen molar-refractivity contribution in [3.8, 4) is 11.5 Å². The average Bonchev–Trinajstić information content (AvgIpc) is 2.53. The van der Waals surface area contributed by atoms with Crippen molar-refractivity contribution in [1.82, 2.24) is 0 Å². The van der Waals surface area contributed by atoms with Crippen LogP contribution in [0.4, 0.5) is 0 Å². The number of aliphatic hydroxyl groups excluding tert-OH is 1. The van der Waals surface area contributed by atoms with Crippen molar-refractivity contribution in [3.05, 3.63) is 22.7 Å². The Morgan fingerprint density at radius 2 is 1.86 bits per heavy atom. The molecule has 3 N–H and O–H groups in total. The molecule has 1 aromatic rings. The van der Waals surface area contributed by atoms with Gasteiger partial charge in [-0.15, -0.1) is 0 Å². The van der Waals surface area contributed by atoms with Gasteiger partial charge in [0, 0.05) is 0 Å². The Bertz CT molecular complexity index is 475. The lowest BCUT2D eigenvalue weighted by atomic mass is 9.81. The van der Waals surface area contributed by atoms with Gasteiger partial charge in [-0.1, -0.05) is 36.9 Å². The van der Waals surface area contributed by atoms with Crippen LogP contribution in [-0.2, 0) is 0 Å². The van der Waals surface area contributed by atoms with E-state index in [1.165, 1.54) is 13.5 Å². The molecule has 0 spiro atoms. The van der Waals surface area contributed by atoms with E-state index < -0.39 is 12.1 Å². The third kappa shape index (κ3) is 3.44. The topological polar surface area (TPSA) is 64.7 Å². The largest absolute Gasteiger partial charge is 0.493 e. The first-order valence-corrected chi connectivity index (χ1v) is 7.82. The van der Waals surface area contributed by atoms with Gasteiger partial charge in [0.2, 0.25) is 0 Å². The Morgan fingerprint density at radius 3 is 2.43 bits per heavy atom. The van der Waals surface area contributed by atoms with E-state index in [-0.39, 0.29) is 5.92 Å². The Morgan fingerprint density at radius 1 is 1.19 bits per heavy atom. The molecule has 1 aliphatic carbocycles. The predicted octanol–water partition coefficient (Wildman–Crippen LogP) is 3.30. The molecule has 1 aliphatic rings. The monoisotopic (exact) mass is 313 g/mol. The second-order valence-electron chi connectivity index (χ2n) is 5.62. The summed E-state index contributed by atoms with van der Waals surface area (Å²) in [6, 6.07) is 3.06. The maximum atomic E-state index is 10.6. The van der Waals surface area contributed by atoms with E-state index >= 15 is 0 Å². The van der Waals surface area contributed by atoms with Gasteiger partial charge in [-0.25, -0.2) is 0 Å². The molecule has 0 heterocycles. The first-order valence-electron chi connectivity index (χ1n) is 7.44. The molecule has 2 rings (SSSR count). The van der Waals surface area contributed by atoms with Crippen LogP contribution >= 0.6 is 11.6 Å². The second-order valence-corrected chi connectivity index (χ2v) is 6.00. The minimum atomic E-state index is -0.582. The number of methoxy groups -OCH3 is 2. The van der Waals surface area contributed by atoms with Gasteiger partial charge < -0.3 is 20.3 Å². The standard InChI is InChI=1S/C16H24ClNO3/c1-20-12-9-8-11(13(17)16(12)21-2)14(18)15(19)10-6-4-3-5-7-10/h8-10,14-15,19H,3-7,18H2,1-2H3/t14-,15+/m1/s1. The summed E-state index contributed by atoms with van der Waals surface area (Å²) in [6.45, 7) is 0. The number of rotatable bonds is 5. The predicted molar refractivity (Wildman–Crippen MR) is 84.1 cm³/mol. The van der Waals surface area contributed by atoms with Gasteiger partial charge >= 0.3 is 0 Å². The lowest BCUT2D eigenvalue weighted by molar-refractivity contribution is 0.0617. The lowest BCUT2D eigenvalue weighted by Crippen LogP contribution is -2.34. The molecule has 2 atom stereocenters. The minimum absolute atomic E-state index is 0.248. The van der Waals surface area contributed by atoms with Crippen molar-refractivity contribution < 1.29 is 14.6 Å². The molecule has 0 saturated heterocycles. The number of benzene rings is 1. The molecule has 21 heavy (non-hydrogen) atoms. The molecule has 0 radical (unpaired) electrons. The summed E-state index contributed by atoms with van der Waals surface area (Å²) in [7, 11) is 3.10. The van der Waals surface area contributed by atoms with Gasteiger partial charge in [-0.2, -0.15) is 0 Å². The molecule has 0 unspecified atom stereocenters. The summed E-state index contributed by atoms with van der Waals surface area (Å²) in [5.74, 6) is 1.27. The normalized spacial score (nSPS) is 19.1. The number of aliphatic hydroxyl groups is 1. The maximum absolute atomic E-state index is 10.6. The minimum Gasteiger partial charge on any atom is -0.493 e. The summed E-state index contributed by atoms with van der Waals surface area (Å²) in [6.07, 6.45) is 5.04. The number of nitrogens with two attached hydrogens (primary N) is 1. The molecule has 118 valence electrons. The number of hydrogen-bond donors (Lipinski definition) is 2. The van der Waals surface area contributed by atoms with Crippen LogP contribution in [0, 0.1) is 5.92 Å². The fraction of sp³-hybridized carbons (Fsp3) is 0.625. The zero-order valence-corrected chi connectivity index (χ0v) is 13.4. The van der Waals surface area contributed by atoms with Crippen LogP contribution in [-0.4, -0.2) is 25.4 Å². The van der Waals surface area contributed by atoms with E-state index in [0.717, 1.165) is 25.7 Å². The van der Waals surface area contributed by atoms with Gasteiger partial charge in [0.25, 0.3) is 0 Å². The number of ether oxygens (including phenoxy) is 2. The summed E-state index contributed by atoms with van der Waals surface area (Å²) >= 11 is 6.37. The number of halogens is 1. The molecule has 0 bridgehead atoms. The van der Waals surface area contributed by atoms with E-state index in [1.54, 1.807) is 19.2 Å². The SMILES string of the molecule is COc1ccc([C@@H](N)[C@@H](O)C2CCCCC2)c(Cl)c1OC. The smallest absolute Gasteiger partial charge is 0.179 e. The van der Waals surface area contributed by atoms with Crippen LogP contribution in [0.15, 0.2) is 12.1 Å². The highest BCUT2D eigenvalue weighted by atomic mass is 35.5. The Balaban J connectivity index is 2.23. The molecule has 1 saturated carbocycles. The lowest BCUT2D eigenvalue weighted by Gasteiger charge is -2.31. The zero-order valence-electron chi connectivity index (χ0n) is 12.6. The molecule has 0 aliphatic heterocycles. The summed E-state index contributed by atoms with van der Waals surface area (Å²) < 4.78 is 10.5.